The maximum absolute atomic E-state index is 5.53. The van der Waals surface area contributed by atoms with Crippen molar-refractivity contribution in [3.63, 3.8) is 0 Å². The van der Waals surface area contributed by atoms with Crippen LogP contribution in [0, 0.1) is 6.92 Å². The minimum atomic E-state index is 0.313. The van der Waals surface area contributed by atoms with Gasteiger partial charge >= 0.3 is 0 Å². The third-order valence-corrected chi connectivity index (χ3v) is 2.21. The molecular formula is C11H15N5O. The van der Waals surface area contributed by atoms with E-state index in [1.165, 1.54) is 10.4 Å². The molecule has 0 atom stereocenters. The van der Waals surface area contributed by atoms with Crippen LogP contribution in [0.5, 0.6) is 5.75 Å². The van der Waals surface area contributed by atoms with Gasteiger partial charge in [0.15, 0.2) is 6.61 Å². The molecule has 2 rings (SSSR count). The lowest BCUT2D eigenvalue weighted by Gasteiger charge is -2.02. The fourth-order valence-electron chi connectivity index (χ4n) is 1.33. The zero-order chi connectivity index (χ0) is 12.1. The predicted octanol–water partition coefficient (Wildman–Crippen LogP) is 0.519. The number of aryl methyl sites for hydroxylation is 1. The topological polar surface area (TPSA) is 78.9 Å². The molecule has 0 radical (unpaired) electrons. The molecule has 0 saturated carbocycles. The van der Waals surface area contributed by atoms with E-state index < -0.39 is 0 Å². The van der Waals surface area contributed by atoms with Crippen molar-refractivity contribution in [1.82, 2.24) is 20.2 Å². The van der Waals surface area contributed by atoms with E-state index in [0.717, 1.165) is 5.75 Å². The van der Waals surface area contributed by atoms with Crippen LogP contribution in [-0.2, 0) is 13.2 Å². The molecule has 1 aromatic heterocycles. The molecule has 17 heavy (non-hydrogen) atoms. The molecule has 0 aliphatic carbocycles. The summed E-state index contributed by atoms with van der Waals surface area (Å²) < 4.78 is 5.53. The Hall–Kier alpha value is -1.95. The van der Waals surface area contributed by atoms with Gasteiger partial charge in [0.2, 0.25) is 5.82 Å². The van der Waals surface area contributed by atoms with Gasteiger partial charge in [0.05, 0.1) is 6.54 Å². The van der Waals surface area contributed by atoms with E-state index in [0.29, 0.717) is 25.5 Å². The largest absolute Gasteiger partial charge is 0.485 e. The Morgan fingerprint density at radius 1 is 1.29 bits per heavy atom. The van der Waals surface area contributed by atoms with Crippen molar-refractivity contribution in [2.75, 3.05) is 6.54 Å². The van der Waals surface area contributed by atoms with Crippen molar-refractivity contribution in [2.24, 2.45) is 5.73 Å². The summed E-state index contributed by atoms with van der Waals surface area (Å²) in [6.45, 7) is 3.41. The number of nitrogens with two attached hydrogens (primary N) is 1. The molecule has 0 amide bonds. The predicted molar refractivity (Wildman–Crippen MR) is 62.4 cm³/mol. The molecule has 0 bridgehead atoms. The van der Waals surface area contributed by atoms with Crippen LogP contribution in [0.2, 0.25) is 0 Å². The summed E-state index contributed by atoms with van der Waals surface area (Å²) in [4.78, 5) is 1.47. The second-order valence-electron chi connectivity index (χ2n) is 3.69. The zero-order valence-electron chi connectivity index (χ0n) is 9.71. The van der Waals surface area contributed by atoms with Crippen LogP contribution >= 0.6 is 0 Å². The average molecular weight is 233 g/mol. The molecule has 6 nitrogen and oxygen atoms in total. The molecule has 0 fully saturated rings. The van der Waals surface area contributed by atoms with Crippen LogP contribution in [0.25, 0.3) is 0 Å². The Bertz CT molecular complexity index is 465. The van der Waals surface area contributed by atoms with Crippen LogP contribution in [0.4, 0.5) is 0 Å². The van der Waals surface area contributed by atoms with Gasteiger partial charge in [-0.3, -0.25) is 0 Å². The SMILES string of the molecule is Cc1ccc(OCc2nnn(CCN)n2)cc1. The summed E-state index contributed by atoms with van der Waals surface area (Å²) in [7, 11) is 0. The van der Waals surface area contributed by atoms with Gasteiger partial charge in [-0.25, -0.2) is 0 Å². The van der Waals surface area contributed by atoms with E-state index in [-0.39, 0.29) is 0 Å². The zero-order valence-corrected chi connectivity index (χ0v) is 9.71. The van der Waals surface area contributed by atoms with Crippen LogP contribution in [0.15, 0.2) is 24.3 Å². The van der Waals surface area contributed by atoms with Gasteiger partial charge in [0.25, 0.3) is 0 Å². The summed E-state index contributed by atoms with van der Waals surface area (Å²) in [5, 5.41) is 11.8. The van der Waals surface area contributed by atoms with Gasteiger partial charge in [-0.15, -0.1) is 10.2 Å². The molecule has 1 aromatic carbocycles. The molecule has 0 aliphatic heterocycles. The quantitative estimate of drug-likeness (QED) is 0.814. The summed E-state index contributed by atoms with van der Waals surface area (Å²) in [5.41, 5.74) is 6.59. The number of hydrogen-bond acceptors (Lipinski definition) is 5. The number of benzene rings is 1. The Balaban J connectivity index is 1.90. The normalized spacial score (nSPS) is 10.5. The first-order chi connectivity index (χ1) is 8.28. The highest BCUT2D eigenvalue weighted by Crippen LogP contribution is 2.12. The molecule has 0 aliphatic rings. The van der Waals surface area contributed by atoms with Crippen LogP contribution in [0.1, 0.15) is 11.4 Å². The third kappa shape index (κ3) is 3.25. The van der Waals surface area contributed by atoms with Crippen molar-refractivity contribution in [2.45, 2.75) is 20.1 Å². The number of tetrazole rings is 1. The minimum Gasteiger partial charge on any atom is -0.485 e. The molecule has 0 unspecified atom stereocenters. The van der Waals surface area contributed by atoms with E-state index in [1.54, 1.807) is 0 Å². The number of aromatic nitrogens is 4. The Labute approximate surface area is 99.4 Å². The highest BCUT2D eigenvalue weighted by molar-refractivity contribution is 5.26. The fraction of sp³-hybridized carbons (Fsp3) is 0.364. The van der Waals surface area contributed by atoms with Crippen LogP contribution in [-0.4, -0.2) is 26.8 Å². The highest BCUT2D eigenvalue weighted by Gasteiger charge is 2.03. The number of ether oxygens (including phenoxy) is 1. The van der Waals surface area contributed by atoms with E-state index in [9.17, 15) is 0 Å². The lowest BCUT2D eigenvalue weighted by atomic mass is 10.2. The molecule has 0 spiro atoms. The van der Waals surface area contributed by atoms with Crippen molar-refractivity contribution in [1.29, 1.82) is 0 Å². The van der Waals surface area contributed by atoms with Gasteiger partial charge < -0.3 is 10.5 Å². The molecule has 90 valence electrons. The lowest BCUT2D eigenvalue weighted by Crippen LogP contribution is -2.12. The van der Waals surface area contributed by atoms with Crippen LogP contribution in [0.3, 0.4) is 0 Å². The first-order valence-electron chi connectivity index (χ1n) is 5.44. The standard InChI is InChI=1S/C11H15N5O/c1-9-2-4-10(5-3-9)17-8-11-13-15-16(14-11)7-6-12/h2-5H,6-8,12H2,1H3. The summed E-state index contributed by atoms with van der Waals surface area (Å²) >= 11 is 0. The third-order valence-electron chi connectivity index (χ3n) is 2.21. The van der Waals surface area contributed by atoms with E-state index in [1.807, 2.05) is 31.2 Å². The van der Waals surface area contributed by atoms with Crippen LogP contribution < -0.4 is 10.5 Å². The second kappa shape index (κ2) is 5.40. The minimum absolute atomic E-state index is 0.313. The smallest absolute Gasteiger partial charge is 0.212 e. The first-order valence-corrected chi connectivity index (χ1v) is 5.44. The Morgan fingerprint density at radius 2 is 2.06 bits per heavy atom. The summed E-state index contributed by atoms with van der Waals surface area (Å²) in [6, 6.07) is 7.82. The fourth-order valence-corrected chi connectivity index (χ4v) is 1.33. The van der Waals surface area contributed by atoms with Gasteiger partial charge in [-0.1, -0.05) is 17.7 Å². The lowest BCUT2D eigenvalue weighted by molar-refractivity contribution is 0.295. The average Bonchev–Trinajstić information content (AvgIpc) is 2.77. The van der Waals surface area contributed by atoms with Gasteiger partial charge in [0, 0.05) is 6.54 Å². The first kappa shape index (κ1) is 11.5. The molecule has 2 aromatic rings. The monoisotopic (exact) mass is 233 g/mol. The number of hydrogen-bond donors (Lipinski definition) is 1. The molecular weight excluding hydrogens is 218 g/mol. The Kier molecular flexibility index (Phi) is 3.66. The van der Waals surface area contributed by atoms with Crippen molar-refractivity contribution >= 4 is 0 Å². The maximum atomic E-state index is 5.53. The van der Waals surface area contributed by atoms with Crippen molar-refractivity contribution in [3.05, 3.63) is 35.7 Å². The van der Waals surface area contributed by atoms with Gasteiger partial charge in [-0.05, 0) is 24.3 Å². The van der Waals surface area contributed by atoms with E-state index in [2.05, 4.69) is 15.4 Å². The van der Waals surface area contributed by atoms with Gasteiger partial charge in [0.1, 0.15) is 5.75 Å². The summed E-state index contributed by atoms with van der Waals surface area (Å²) in [5.74, 6) is 1.35. The molecule has 0 saturated heterocycles. The van der Waals surface area contributed by atoms with E-state index in [4.69, 9.17) is 10.5 Å². The maximum Gasteiger partial charge on any atom is 0.212 e. The molecule has 2 N–H and O–H groups in total. The van der Waals surface area contributed by atoms with Crippen molar-refractivity contribution < 1.29 is 4.74 Å². The van der Waals surface area contributed by atoms with Crippen molar-refractivity contribution in [3.8, 4) is 5.75 Å². The van der Waals surface area contributed by atoms with E-state index >= 15 is 0 Å². The molecule has 6 heteroatoms. The highest BCUT2D eigenvalue weighted by atomic mass is 16.5. The Morgan fingerprint density at radius 3 is 2.76 bits per heavy atom. The number of rotatable bonds is 5. The van der Waals surface area contributed by atoms with Gasteiger partial charge in [-0.2, -0.15) is 4.80 Å². The summed E-state index contributed by atoms with van der Waals surface area (Å²) in [6.07, 6.45) is 0. The second-order valence-corrected chi connectivity index (χ2v) is 3.69. The number of nitrogens with zero attached hydrogens (tertiary/aromatic N) is 4. The molecule has 1 heterocycles.